The second kappa shape index (κ2) is 6.95. The van der Waals surface area contributed by atoms with Crippen LogP contribution in [-0.4, -0.2) is 50.3 Å². The van der Waals surface area contributed by atoms with Crippen molar-refractivity contribution >= 4 is 11.4 Å². The summed E-state index contributed by atoms with van der Waals surface area (Å²) >= 11 is 0. The third-order valence-electron chi connectivity index (χ3n) is 3.90. The summed E-state index contributed by atoms with van der Waals surface area (Å²) in [5.74, 6) is 0. The van der Waals surface area contributed by atoms with Gasteiger partial charge in [-0.15, -0.1) is 0 Å². The Morgan fingerprint density at radius 2 is 1.70 bits per heavy atom. The Balaban J connectivity index is 0.000000704. The van der Waals surface area contributed by atoms with Crippen molar-refractivity contribution in [3.05, 3.63) is 23.8 Å². The Kier molecular flexibility index (Phi) is 5.26. The van der Waals surface area contributed by atoms with Gasteiger partial charge in [-0.1, -0.05) is 13.8 Å². The highest BCUT2D eigenvalue weighted by Crippen LogP contribution is 2.23. The number of nitrogen functional groups attached to an aromatic ring is 1. The van der Waals surface area contributed by atoms with Crippen LogP contribution in [-0.2, 0) is 4.74 Å². The predicted molar refractivity (Wildman–Crippen MR) is 85.3 cm³/mol. The molecule has 0 aliphatic carbocycles. The van der Waals surface area contributed by atoms with Crippen LogP contribution in [0.5, 0.6) is 0 Å². The maximum Gasteiger partial charge on any atom is 0.0645 e. The van der Waals surface area contributed by atoms with Gasteiger partial charge in [-0.2, -0.15) is 0 Å². The van der Waals surface area contributed by atoms with E-state index in [4.69, 9.17) is 10.5 Å². The number of nitrogens with two attached hydrogens (primary N) is 1. The fraction of sp³-hybridized carbons (Fsp3) is 0.625. The summed E-state index contributed by atoms with van der Waals surface area (Å²) in [7, 11) is 0. The molecular formula is C16H27N3O. The molecule has 0 spiro atoms. The first-order valence-corrected chi connectivity index (χ1v) is 7.66. The molecule has 0 amide bonds. The largest absolute Gasteiger partial charge is 0.399 e. The van der Waals surface area contributed by atoms with E-state index in [1.54, 1.807) is 0 Å². The molecular weight excluding hydrogens is 250 g/mol. The van der Waals surface area contributed by atoms with Crippen molar-refractivity contribution in [1.29, 1.82) is 0 Å². The van der Waals surface area contributed by atoms with E-state index in [1.165, 1.54) is 11.3 Å². The maximum absolute atomic E-state index is 5.92. The van der Waals surface area contributed by atoms with Gasteiger partial charge in [0.15, 0.2) is 0 Å². The molecule has 4 nitrogen and oxygen atoms in total. The predicted octanol–water partition coefficient (Wildman–Crippen LogP) is 2.12. The van der Waals surface area contributed by atoms with Crippen molar-refractivity contribution in [2.45, 2.75) is 26.8 Å². The Morgan fingerprint density at radius 3 is 2.20 bits per heavy atom. The maximum atomic E-state index is 5.92. The highest BCUT2D eigenvalue weighted by Gasteiger charge is 2.28. The van der Waals surface area contributed by atoms with Crippen molar-refractivity contribution in [3.8, 4) is 0 Å². The molecule has 2 fully saturated rings. The summed E-state index contributed by atoms with van der Waals surface area (Å²) in [6.07, 6.45) is 0. The summed E-state index contributed by atoms with van der Waals surface area (Å²) in [6.45, 7) is 12.3. The second-order valence-electron chi connectivity index (χ2n) is 5.32. The lowest BCUT2D eigenvalue weighted by atomic mass is 10.1. The molecule has 3 rings (SSSR count). The molecule has 0 radical (unpaired) electrons. The van der Waals surface area contributed by atoms with Gasteiger partial charge in [0.05, 0.1) is 19.3 Å². The van der Waals surface area contributed by atoms with Crippen LogP contribution in [0.4, 0.5) is 11.4 Å². The highest BCUT2D eigenvalue weighted by molar-refractivity contribution is 5.58. The van der Waals surface area contributed by atoms with Gasteiger partial charge in [0.1, 0.15) is 0 Å². The number of ether oxygens (including phenoxy) is 1. The molecule has 0 saturated carbocycles. The molecule has 0 atom stereocenters. The molecule has 2 N–H and O–H groups in total. The molecule has 1 aromatic rings. The molecule has 0 aromatic heterocycles. The zero-order valence-electron chi connectivity index (χ0n) is 12.9. The third-order valence-corrected chi connectivity index (χ3v) is 3.90. The summed E-state index contributed by atoms with van der Waals surface area (Å²) in [5.41, 5.74) is 9.28. The van der Waals surface area contributed by atoms with E-state index < -0.39 is 0 Å². The topological polar surface area (TPSA) is 41.7 Å². The van der Waals surface area contributed by atoms with Gasteiger partial charge < -0.3 is 15.4 Å². The standard InChI is InChI=1S/C14H21N3O.C2H6/c1-11-6-12(15)8-13(7-11)16-2-4-17(5-3-16)14-9-18-10-14;1-2/h6-8,14H,2-5,9-10,15H2,1H3;1-2H3. The first kappa shape index (κ1) is 15.1. The molecule has 112 valence electrons. The number of rotatable bonds is 2. The summed E-state index contributed by atoms with van der Waals surface area (Å²) in [5, 5.41) is 0. The minimum absolute atomic E-state index is 0.662. The summed E-state index contributed by atoms with van der Waals surface area (Å²) in [4.78, 5) is 4.97. The van der Waals surface area contributed by atoms with Crippen LogP contribution in [0.25, 0.3) is 0 Å². The molecule has 0 bridgehead atoms. The Bertz CT molecular complexity index is 403. The minimum atomic E-state index is 0.662. The zero-order valence-corrected chi connectivity index (χ0v) is 12.9. The number of benzene rings is 1. The Hall–Kier alpha value is -1.26. The number of aryl methyl sites for hydroxylation is 1. The number of hydrogen-bond donors (Lipinski definition) is 1. The second-order valence-corrected chi connectivity index (χ2v) is 5.32. The van der Waals surface area contributed by atoms with Gasteiger partial charge in [-0.05, 0) is 30.7 Å². The first-order valence-electron chi connectivity index (χ1n) is 7.66. The van der Waals surface area contributed by atoms with Crippen LogP contribution >= 0.6 is 0 Å². The van der Waals surface area contributed by atoms with Crippen molar-refractivity contribution in [1.82, 2.24) is 4.90 Å². The van der Waals surface area contributed by atoms with Gasteiger partial charge in [0.25, 0.3) is 0 Å². The van der Waals surface area contributed by atoms with Gasteiger partial charge in [-0.25, -0.2) is 0 Å². The first-order chi connectivity index (χ1) is 9.72. The van der Waals surface area contributed by atoms with E-state index in [9.17, 15) is 0 Å². The van der Waals surface area contributed by atoms with Crippen molar-refractivity contribution < 1.29 is 4.74 Å². The van der Waals surface area contributed by atoms with Crippen LogP contribution in [0.1, 0.15) is 19.4 Å². The fourth-order valence-electron chi connectivity index (χ4n) is 2.75. The van der Waals surface area contributed by atoms with Gasteiger partial charge in [0.2, 0.25) is 0 Å². The van der Waals surface area contributed by atoms with Crippen molar-refractivity contribution in [2.75, 3.05) is 50.0 Å². The lowest BCUT2D eigenvalue weighted by Crippen LogP contribution is -2.56. The highest BCUT2D eigenvalue weighted by atomic mass is 16.5. The fourth-order valence-corrected chi connectivity index (χ4v) is 2.75. The molecule has 20 heavy (non-hydrogen) atoms. The van der Waals surface area contributed by atoms with Crippen molar-refractivity contribution in [2.24, 2.45) is 0 Å². The monoisotopic (exact) mass is 277 g/mol. The number of piperazine rings is 1. The quantitative estimate of drug-likeness (QED) is 0.841. The van der Waals surface area contributed by atoms with Crippen LogP contribution < -0.4 is 10.6 Å². The Labute approximate surface area is 122 Å². The van der Waals surface area contributed by atoms with Gasteiger partial charge in [-0.3, -0.25) is 4.90 Å². The number of hydrogen-bond acceptors (Lipinski definition) is 4. The molecule has 4 heteroatoms. The smallest absolute Gasteiger partial charge is 0.0645 e. The lowest BCUT2D eigenvalue weighted by Gasteiger charge is -2.43. The summed E-state index contributed by atoms with van der Waals surface area (Å²) in [6, 6.07) is 6.98. The van der Waals surface area contributed by atoms with Gasteiger partial charge in [0, 0.05) is 37.6 Å². The number of nitrogens with zero attached hydrogens (tertiary/aromatic N) is 2. The molecule has 1 aromatic carbocycles. The minimum Gasteiger partial charge on any atom is -0.399 e. The van der Waals surface area contributed by atoms with Crippen LogP contribution in [0.2, 0.25) is 0 Å². The average molecular weight is 277 g/mol. The van der Waals surface area contributed by atoms with Crippen molar-refractivity contribution in [3.63, 3.8) is 0 Å². The molecule has 2 heterocycles. The summed E-state index contributed by atoms with van der Waals surface area (Å²) < 4.78 is 5.26. The molecule has 2 aliphatic rings. The van der Waals surface area contributed by atoms with E-state index in [1.807, 2.05) is 19.9 Å². The average Bonchev–Trinajstić information content (AvgIpc) is 2.39. The SMILES string of the molecule is CC.Cc1cc(N)cc(N2CCN(C3COC3)CC2)c1. The van der Waals surface area contributed by atoms with E-state index >= 15 is 0 Å². The van der Waals surface area contributed by atoms with E-state index in [0.717, 1.165) is 45.1 Å². The third kappa shape index (κ3) is 3.44. The van der Waals surface area contributed by atoms with Crippen LogP contribution in [0.15, 0.2) is 18.2 Å². The lowest BCUT2D eigenvalue weighted by molar-refractivity contribution is -0.0660. The van der Waals surface area contributed by atoms with Crippen LogP contribution in [0.3, 0.4) is 0 Å². The van der Waals surface area contributed by atoms with Crippen LogP contribution in [0, 0.1) is 6.92 Å². The molecule has 2 aliphatic heterocycles. The van der Waals surface area contributed by atoms with E-state index in [0.29, 0.717) is 6.04 Å². The van der Waals surface area contributed by atoms with E-state index in [2.05, 4.69) is 28.9 Å². The Morgan fingerprint density at radius 1 is 1.05 bits per heavy atom. The van der Waals surface area contributed by atoms with E-state index in [-0.39, 0.29) is 0 Å². The normalized spacial score (nSPS) is 20.1. The zero-order chi connectivity index (χ0) is 14.5. The molecule has 2 saturated heterocycles. The number of anilines is 2. The molecule has 0 unspecified atom stereocenters. The van der Waals surface area contributed by atoms with Gasteiger partial charge >= 0.3 is 0 Å².